The lowest BCUT2D eigenvalue weighted by Crippen LogP contribution is -2.44. The molecular formula is C11H22N2O. The second-order valence-electron chi connectivity index (χ2n) is 4.67. The van der Waals surface area contributed by atoms with Crippen LogP contribution in [0.2, 0.25) is 0 Å². The van der Waals surface area contributed by atoms with Crippen LogP contribution in [0.15, 0.2) is 0 Å². The van der Waals surface area contributed by atoms with Crippen LogP contribution in [-0.4, -0.2) is 29.9 Å². The Hall–Kier alpha value is -0.570. The lowest BCUT2D eigenvalue weighted by atomic mass is 10.0. The summed E-state index contributed by atoms with van der Waals surface area (Å²) in [5, 5.41) is 0. The molecule has 0 aromatic rings. The zero-order chi connectivity index (χ0) is 10.9. The molecular weight excluding hydrogens is 176 g/mol. The first-order chi connectivity index (χ1) is 6.45. The smallest absolute Gasteiger partial charge is 0.226 e. The Balaban J connectivity index is 2.50. The number of carbonyl (C=O) groups excluding carboxylic acids is 1. The van der Waals surface area contributed by atoms with Gasteiger partial charge in [0.15, 0.2) is 0 Å². The lowest BCUT2D eigenvalue weighted by Gasteiger charge is -2.29. The molecule has 3 atom stereocenters. The van der Waals surface area contributed by atoms with Gasteiger partial charge in [0.25, 0.3) is 0 Å². The second-order valence-corrected chi connectivity index (χ2v) is 4.67. The molecule has 0 spiro atoms. The fourth-order valence-electron chi connectivity index (χ4n) is 1.64. The van der Waals surface area contributed by atoms with Crippen LogP contribution in [-0.2, 0) is 4.79 Å². The third-order valence-corrected chi connectivity index (χ3v) is 3.44. The van der Waals surface area contributed by atoms with Gasteiger partial charge in [-0.1, -0.05) is 6.92 Å². The molecule has 2 N–H and O–H groups in total. The van der Waals surface area contributed by atoms with Gasteiger partial charge in [-0.05, 0) is 32.6 Å². The standard InChI is InChI=1S/C11H22N2O/c1-7(8(2)12)11(14)13(4)9(3)10-5-6-10/h7-10H,5-6,12H2,1-4H3. The van der Waals surface area contributed by atoms with Crippen LogP contribution < -0.4 is 5.73 Å². The minimum absolute atomic E-state index is 0.0589. The van der Waals surface area contributed by atoms with E-state index >= 15 is 0 Å². The maximum Gasteiger partial charge on any atom is 0.226 e. The number of nitrogens with zero attached hydrogens (tertiary/aromatic N) is 1. The van der Waals surface area contributed by atoms with Gasteiger partial charge >= 0.3 is 0 Å². The van der Waals surface area contributed by atoms with E-state index in [1.54, 1.807) is 0 Å². The predicted octanol–water partition coefficient (Wildman–Crippen LogP) is 1.23. The topological polar surface area (TPSA) is 46.3 Å². The fourth-order valence-corrected chi connectivity index (χ4v) is 1.64. The first kappa shape index (κ1) is 11.5. The number of rotatable bonds is 4. The summed E-state index contributed by atoms with van der Waals surface area (Å²) in [6, 6.07) is 0.319. The van der Waals surface area contributed by atoms with Gasteiger partial charge in [0, 0.05) is 19.1 Å². The van der Waals surface area contributed by atoms with E-state index in [0.717, 1.165) is 5.92 Å². The fraction of sp³-hybridized carbons (Fsp3) is 0.909. The zero-order valence-corrected chi connectivity index (χ0v) is 9.66. The number of nitrogens with two attached hydrogens (primary N) is 1. The van der Waals surface area contributed by atoms with Gasteiger partial charge in [-0.15, -0.1) is 0 Å². The molecule has 0 aromatic carbocycles. The van der Waals surface area contributed by atoms with Crippen LogP contribution in [0.4, 0.5) is 0 Å². The van der Waals surface area contributed by atoms with Gasteiger partial charge in [0.1, 0.15) is 0 Å². The highest BCUT2D eigenvalue weighted by Gasteiger charge is 2.34. The summed E-state index contributed by atoms with van der Waals surface area (Å²) in [6.07, 6.45) is 2.54. The first-order valence-corrected chi connectivity index (χ1v) is 5.47. The minimum atomic E-state index is -0.0683. The van der Waals surface area contributed by atoms with Crippen molar-refractivity contribution < 1.29 is 4.79 Å². The highest BCUT2D eigenvalue weighted by atomic mass is 16.2. The summed E-state index contributed by atoms with van der Waals surface area (Å²) in [6.45, 7) is 5.92. The van der Waals surface area contributed by atoms with Crippen LogP contribution in [0, 0.1) is 11.8 Å². The first-order valence-electron chi connectivity index (χ1n) is 5.47. The van der Waals surface area contributed by atoms with E-state index < -0.39 is 0 Å². The average Bonchev–Trinajstić information content (AvgIpc) is 2.96. The average molecular weight is 198 g/mol. The molecule has 0 aromatic heterocycles. The minimum Gasteiger partial charge on any atom is -0.342 e. The molecule has 82 valence electrons. The zero-order valence-electron chi connectivity index (χ0n) is 9.66. The maximum atomic E-state index is 11.9. The van der Waals surface area contributed by atoms with Gasteiger partial charge in [0.2, 0.25) is 5.91 Å². The normalized spacial score (nSPS) is 22.6. The number of hydrogen-bond donors (Lipinski definition) is 1. The van der Waals surface area contributed by atoms with Gasteiger partial charge in [0.05, 0.1) is 5.92 Å². The van der Waals surface area contributed by atoms with Gasteiger partial charge in [-0.3, -0.25) is 4.79 Å². The van der Waals surface area contributed by atoms with Crippen molar-refractivity contribution in [2.75, 3.05) is 7.05 Å². The van der Waals surface area contributed by atoms with Gasteiger partial charge in [-0.2, -0.15) is 0 Å². The van der Waals surface area contributed by atoms with E-state index in [1.807, 2.05) is 25.8 Å². The molecule has 0 radical (unpaired) electrons. The molecule has 0 bridgehead atoms. The van der Waals surface area contributed by atoms with E-state index in [-0.39, 0.29) is 17.9 Å². The molecule has 1 amide bonds. The third-order valence-electron chi connectivity index (χ3n) is 3.44. The summed E-state index contributed by atoms with van der Waals surface area (Å²) in [4.78, 5) is 13.8. The molecule has 0 saturated heterocycles. The van der Waals surface area contributed by atoms with E-state index in [4.69, 9.17) is 5.73 Å². The number of hydrogen-bond acceptors (Lipinski definition) is 2. The van der Waals surface area contributed by atoms with Crippen LogP contribution in [0.1, 0.15) is 33.6 Å². The third kappa shape index (κ3) is 2.47. The van der Waals surface area contributed by atoms with E-state index in [9.17, 15) is 4.79 Å². The quantitative estimate of drug-likeness (QED) is 0.738. The predicted molar refractivity (Wildman–Crippen MR) is 57.8 cm³/mol. The number of amides is 1. The summed E-state index contributed by atoms with van der Waals surface area (Å²) in [7, 11) is 1.89. The number of carbonyl (C=O) groups is 1. The molecule has 1 fully saturated rings. The molecule has 1 saturated carbocycles. The summed E-state index contributed by atoms with van der Waals surface area (Å²) >= 11 is 0. The molecule has 1 aliphatic rings. The summed E-state index contributed by atoms with van der Waals surface area (Å²) in [5.41, 5.74) is 5.72. The van der Waals surface area contributed by atoms with E-state index in [0.29, 0.717) is 6.04 Å². The molecule has 3 heteroatoms. The van der Waals surface area contributed by atoms with Crippen molar-refractivity contribution in [1.82, 2.24) is 4.90 Å². The van der Waals surface area contributed by atoms with Crippen LogP contribution >= 0.6 is 0 Å². The molecule has 0 aliphatic heterocycles. The molecule has 0 heterocycles. The SMILES string of the molecule is CC(N)C(C)C(=O)N(C)C(C)C1CC1. The maximum absolute atomic E-state index is 11.9. The largest absolute Gasteiger partial charge is 0.342 e. The van der Waals surface area contributed by atoms with Crippen molar-refractivity contribution in [3.63, 3.8) is 0 Å². The lowest BCUT2D eigenvalue weighted by molar-refractivity contribution is -0.136. The Kier molecular flexibility index (Phi) is 3.53. The Bertz CT molecular complexity index is 211. The molecule has 3 nitrogen and oxygen atoms in total. The summed E-state index contributed by atoms with van der Waals surface area (Å²) < 4.78 is 0. The Morgan fingerprint density at radius 3 is 2.21 bits per heavy atom. The monoisotopic (exact) mass is 198 g/mol. The van der Waals surface area contributed by atoms with Crippen molar-refractivity contribution in [3.8, 4) is 0 Å². The molecule has 1 aliphatic carbocycles. The van der Waals surface area contributed by atoms with E-state index in [2.05, 4.69) is 6.92 Å². The van der Waals surface area contributed by atoms with Crippen molar-refractivity contribution >= 4 is 5.91 Å². The highest BCUT2D eigenvalue weighted by molar-refractivity contribution is 5.79. The Morgan fingerprint density at radius 2 is 1.86 bits per heavy atom. The Morgan fingerprint density at radius 1 is 1.36 bits per heavy atom. The van der Waals surface area contributed by atoms with Gasteiger partial charge in [-0.25, -0.2) is 0 Å². The van der Waals surface area contributed by atoms with Crippen LogP contribution in [0.25, 0.3) is 0 Å². The Labute approximate surface area is 86.6 Å². The van der Waals surface area contributed by atoms with Crippen molar-refractivity contribution in [1.29, 1.82) is 0 Å². The molecule has 14 heavy (non-hydrogen) atoms. The van der Waals surface area contributed by atoms with E-state index in [1.165, 1.54) is 12.8 Å². The molecule has 3 unspecified atom stereocenters. The highest BCUT2D eigenvalue weighted by Crippen LogP contribution is 2.35. The van der Waals surface area contributed by atoms with Crippen LogP contribution in [0.3, 0.4) is 0 Å². The van der Waals surface area contributed by atoms with Crippen molar-refractivity contribution in [2.24, 2.45) is 17.6 Å². The second kappa shape index (κ2) is 4.30. The molecule has 1 rings (SSSR count). The van der Waals surface area contributed by atoms with Gasteiger partial charge < -0.3 is 10.6 Å². The van der Waals surface area contributed by atoms with Crippen molar-refractivity contribution in [3.05, 3.63) is 0 Å². The van der Waals surface area contributed by atoms with Crippen LogP contribution in [0.5, 0.6) is 0 Å². The van der Waals surface area contributed by atoms with Crippen molar-refractivity contribution in [2.45, 2.75) is 45.7 Å². The summed E-state index contributed by atoms with van der Waals surface area (Å²) in [5.74, 6) is 0.838.